The van der Waals surface area contributed by atoms with Crippen LogP contribution in [0.15, 0.2) is 28.7 Å². The fraction of sp³-hybridized carbons (Fsp3) is 0.235. The van der Waals surface area contributed by atoms with Crippen LogP contribution in [0.3, 0.4) is 0 Å². The summed E-state index contributed by atoms with van der Waals surface area (Å²) in [4.78, 5) is 12.3. The zero-order valence-electron chi connectivity index (χ0n) is 13.3. The number of nitrogens with one attached hydrogen (secondary N) is 2. The summed E-state index contributed by atoms with van der Waals surface area (Å²) in [7, 11) is 0. The second-order valence-electron chi connectivity index (χ2n) is 5.33. The lowest BCUT2D eigenvalue weighted by molar-refractivity contribution is 0.0951. The van der Waals surface area contributed by atoms with Crippen LogP contribution in [0.1, 0.15) is 22.3 Å². The number of hydrogen-bond acceptors (Lipinski definition) is 3. The number of aliphatic hydroxyl groups is 1. The summed E-state index contributed by atoms with van der Waals surface area (Å²) in [5.74, 6) is -2.77. The first-order valence-corrected chi connectivity index (χ1v) is 9.32. The van der Waals surface area contributed by atoms with Crippen molar-refractivity contribution in [2.24, 2.45) is 0 Å². The van der Waals surface area contributed by atoms with E-state index in [4.69, 9.17) is 5.11 Å². The highest BCUT2D eigenvalue weighted by Crippen LogP contribution is 2.32. The molecular formula is C17H16BrF2IN2O2. The Hall–Kier alpha value is -1.26. The minimum atomic E-state index is -1.14. The van der Waals surface area contributed by atoms with Crippen molar-refractivity contribution < 1.29 is 18.7 Å². The van der Waals surface area contributed by atoms with Crippen LogP contribution in [0, 0.1) is 22.1 Å². The van der Waals surface area contributed by atoms with Crippen molar-refractivity contribution in [1.29, 1.82) is 0 Å². The summed E-state index contributed by atoms with van der Waals surface area (Å²) in [5.41, 5.74) is 1.15. The van der Waals surface area contributed by atoms with E-state index in [0.717, 1.165) is 9.13 Å². The molecule has 2 aromatic rings. The molecule has 25 heavy (non-hydrogen) atoms. The van der Waals surface area contributed by atoms with Gasteiger partial charge in [-0.3, -0.25) is 4.79 Å². The molecule has 0 aromatic heterocycles. The van der Waals surface area contributed by atoms with Crippen molar-refractivity contribution in [1.82, 2.24) is 5.32 Å². The third kappa shape index (κ3) is 4.89. The third-order valence-corrected chi connectivity index (χ3v) is 4.72. The predicted octanol–water partition coefficient (Wildman–Crippen LogP) is 4.50. The second-order valence-corrected chi connectivity index (χ2v) is 7.43. The number of halogens is 4. The number of hydrogen-bond donors (Lipinski definition) is 3. The summed E-state index contributed by atoms with van der Waals surface area (Å²) >= 11 is 5.08. The molecule has 0 bridgehead atoms. The molecule has 0 heterocycles. The predicted molar refractivity (Wildman–Crippen MR) is 105 cm³/mol. The molecule has 3 N–H and O–H groups in total. The summed E-state index contributed by atoms with van der Waals surface area (Å²) in [6, 6.07) is 6.68. The smallest absolute Gasteiger partial charge is 0.253 e. The second kappa shape index (κ2) is 8.91. The fourth-order valence-corrected chi connectivity index (χ4v) is 3.22. The van der Waals surface area contributed by atoms with E-state index in [9.17, 15) is 13.6 Å². The quantitative estimate of drug-likeness (QED) is 0.296. The number of aliphatic hydroxyl groups excluding tert-OH is 1. The van der Waals surface area contributed by atoms with Gasteiger partial charge in [0, 0.05) is 22.4 Å². The van der Waals surface area contributed by atoms with Crippen LogP contribution >= 0.6 is 38.5 Å². The van der Waals surface area contributed by atoms with Gasteiger partial charge in [-0.25, -0.2) is 8.78 Å². The average Bonchev–Trinajstić information content (AvgIpc) is 2.57. The maximum absolute atomic E-state index is 14.5. The van der Waals surface area contributed by atoms with E-state index in [1.165, 1.54) is 6.07 Å². The lowest BCUT2D eigenvalue weighted by Crippen LogP contribution is -2.26. The normalized spacial score (nSPS) is 10.6. The summed E-state index contributed by atoms with van der Waals surface area (Å²) in [6.07, 6.45) is 0.371. The molecule has 0 unspecified atom stereocenters. The summed E-state index contributed by atoms with van der Waals surface area (Å²) in [5, 5.41) is 14.2. The van der Waals surface area contributed by atoms with Crippen molar-refractivity contribution >= 4 is 55.8 Å². The molecule has 8 heteroatoms. The first-order chi connectivity index (χ1) is 11.8. The lowest BCUT2D eigenvalue weighted by Gasteiger charge is -2.16. The van der Waals surface area contributed by atoms with Gasteiger partial charge in [-0.1, -0.05) is 0 Å². The van der Waals surface area contributed by atoms with E-state index in [0.29, 0.717) is 12.1 Å². The molecule has 0 aliphatic carbocycles. The van der Waals surface area contributed by atoms with Crippen LogP contribution < -0.4 is 10.6 Å². The standard InChI is InChI=1S/C17H16BrF2IN2O2/c1-9-7-10(21)3-4-13(9)23-16-11(17(25)22-5-2-6-24)8-12(18)14(19)15(16)20/h3-4,7-8,23-24H,2,5-6H2,1H3,(H,22,25). The number of anilines is 2. The van der Waals surface area contributed by atoms with Gasteiger partial charge in [0.15, 0.2) is 11.6 Å². The third-order valence-electron chi connectivity index (χ3n) is 3.48. The molecule has 0 spiro atoms. The van der Waals surface area contributed by atoms with Gasteiger partial charge in [0.25, 0.3) is 5.91 Å². The van der Waals surface area contributed by atoms with E-state index in [2.05, 4.69) is 49.2 Å². The van der Waals surface area contributed by atoms with Crippen molar-refractivity contribution in [2.75, 3.05) is 18.5 Å². The van der Waals surface area contributed by atoms with E-state index in [-0.39, 0.29) is 28.9 Å². The molecular weight excluding hydrogens is 509 g/mol. The molecule has 134 valence electrons. The van der Waals surface area contributed by atoms with Gasteiger partial charge >= 0.3 is 0 Å². The first-order valence-electron chi connectivity index (χ1n) is 7.45. The molecule has 0 saturated carbocycles. The molecule has 0 aliphatic rings. The molecule has 0 radical (unpaired) electrons. The highest BCUT2D eigenvalue weighted by atomic mass is 127. The van der Waals surface area contributed by atoms with E-state index in [1.807, 2.05) is 19.1 Å². The van der Waals surface area contributed by atoms with E-state index >= 15 is 0 Å². The highest BCUT2D eigenvalue weighted by Gasteiger charge is 2.22. The van der Waals surface area contributed by atoms with Crippen LogP contribution in [-0.4, -0.2) is 24.2 Å². The molecule has 2 aromatic carbocycles. The molecule has 0 atom stereocenters. The van der Waals surface area contributed by atoms with Gasteiger partial charge in [0.2, 0.25) is 0 Å². The zero-order valence-corrected chi connectivity index (χ0v) is 17.0. The zero-order chi connectivity index (χ0) is 18.6. The van der Waals surface area contributed by atoms with Crippen LogP contribution in [0.5, 0.6) is 0 Å². The Labute approximate surface area is 166 Å². The van der Waals surface area contributed by atoms with Crippen LogP contribution in [0.2, 0.25) is 0 Å². The summed E-state index contributed by atoms with van der Waals surface area (Å²) < 4.78 is 29.3. The Bertz CT molecular complexity index is 803. The van der Waals surface area contributed by atoms with Gasteiger partial charge < -0.3 is 15.7 Å². The van der Waals surface area contributed by atoms with Crippen molar-refractivity contribution in [3.8, 4) is 0 Å². The Kier molecular flexibility index (Phi) is 7.14. The Balaban J connectivity index is 2.44. The van der Waals surface area contributed by atoms with Crippen LogP contribution in [0.25, 0.3) is 0 Å². The minimum absolute atomic E-state index is 0.0262. The number of rotatable bonds is 6. The molecule has 2 rings (SSSR count). The number of carbonyl (C=O) groups is 1. The molecule has 0 aliphatic heterocycles. The minimum Gasteiger partial charge on any atom is -0.396 e. The Morgan fingerprint density at radius 2 is 2.00 bits per heavy atom. The van der Waals surface area contributed by atoms with Crippen molar-refractivity contribution in [3.63, 3.8) is 0 Å². The molecule has 1 amide bonds. The number of aryl methyl sites for hydroxylation is 1. The largest absolute Gasteiger partial charge is 0.396 e. The van der Waals surface area contributed by atoms with Crippen LogP contribution in [0.4, 0.5) is 20.2 Å². The number of carbonyl (C=O) groups excluding carboxylic acids is 1. The van der Waals surface area contributed by atoms with Gasteiger partial charge in [-0.05, 0) is 81.7 Å². The number of amides is 1. The monoisotopic (exact) mass is 524 g/mol. The Morgan fingerprint density at radius 1 is 1.28 bits per heavy atom. The van der Waals surface area contributed by atoms with Crippen LogP contribution in [-0.2, 0) is 0 Å². The molecule has 0 saturated heterocycles. The highest BCUT2D eigenvalue weighted by molar-refractivity contribution is 14.1. The fourth-order valence-electron chi connectivity index (χ4n) is 2.17. The van der Waals surface area contributed by atoms with Gasteiger partial charge in [0.05, 0.1) is 15.7 Å². The first kappa shape index (κ1) is 20.1. The number of benzene rings is 2. The molecule has 4 nitrogen and oxygen atoms in total. The Morgan fingerprint density at radius 3 is 2.64 bits per heavy atom. The maximum Gasteiger partial charge on any atom is 0.253 e. The SMILES string of the molecule is Cc1cc(I)ccc1Nc1c(C(=O)NCCCO)cc(Br)c(F)c1F. The lowest BCUT2D eigenvalue weighted by atomic mass is 10.1. The van der Waals surface area contributed by atoms with Crippen molar-refractivity contribution in [2.45, 2.75) is 13.3 Å². The van der Waals surface area contributed by atoms with E-state index < -0.39 is 17.5 Å². The molecule has 0 fully saturated rings. The topological polar surface area (TPSA) is 61.4 Å². The average molecular weight is 525 g/mol. The van der Waals surface area contributed by atoms with Crippen molar-refractivity contribution in [3.05, 3.63) is 55.1 Å². The van der Waals surface area contributed by atoms with Gasteiger partial charge in [-0.15, -0.1) is 0 Å². The van der Waals surface area contributed by atoms with E-state index in [1.54, 1.807) is 6.07 Å². The summed E-state index contributed by atoms with van der Waals surface area (Å²) in [6.45, 7) is 1.99. The maximum atomic E-state index is 14.5. The van der Waals surface area contributed by atoms with Gasteiger partial charge in [-0.2, -0.15) is 0 Å². The van der Waals surface area contributed by atoms with Gasteiger partial charge in [0.1, 0.15) is 0 Å².